The van der Waals surface area contributed by atoms with Crippen LogP contribution >= 0.6 is 0 Å². The fourth-order valence-electron chi connectivity index (χ4n) is 1.60. The summed E-state index contributed by atoms with van der Waals surface area (Å²) >= 11 is 0. The number of carbonyl (C=O) groups excluding carboxylic acids is 1. The Labute approximate surface area is 80.6 Å². The van der Waals surface area contributed by atoms with Crippen molar-refractivity contribution in [1.82, 2.24) is 4.90 Å². The van der Waals surface area contributed by atoms with Crippen LogP contribution < -0.4 is 0 Å². The highest BCUT2D eigenvalue weighted by atomic mass is 16.2. The van der Waals surface area contributed by atoms with Crippen LogP contribution in [0.2, 0.25) is 0 Å². The molecule has 1 aliphatic heterocycles. The minimum absolute atomic E-state index is 0.279. The van der Waals surface area contributed by atoms with Gasteiger partial charge in [-0.2, -0.15) is 0 Å². The van der Waals surface area contributed by atoms with Crippen LogP contribution in [0.4, 0.5) is 0 Å². The van der Waals surface area contributed by atoms with E-state index in [2.05, 4.69) is 33.8 Å². The first-order chi connectivity index (χ1) is 6.02. The van der Waals surface area contributed by atoms with Crippen molar-refractivity contribution in [1.29, 1.82) is 0 Å². The molecule has 0 bridgehead atoms. The number of amides is 1. The predicted molar refractivity (Wildman–Crippen MR) is 54.4 cm³/mol. The number of hydrogen-bond donors (Lipinski definition) is 0. The molecular formula is C11H19NO. The minimum Gasteiger partial charge on any atom is -0.336 e. The van der Waals surface area contributed by atoms with Crippen LogP contribution in [0.15, 0.2) is 11.6 Å². The average molecular weight is 181 g/mol. The summed E-state index contributed by atoms with van der Waals surface area (Å²) in [6, 6.07) is 0.331. The first-order valence-corrected chi connectivity index (χ1v) is 5.00. The van der Waals surface area contributed by atoms with E-state index in [1.807, 2.05) is 4.90 Å². The standard InChI is InChI=1S/C11H19NO/c1-8(2)10-5-6-12(9(3)4)11(13)7-10/h5,8-9H,6-7H2,1-4H3. The molecule has 1 aliphatic rings. The van der Waals surface area contributed by atoms with Crippen molar-refractivity contribution in [2.45, 2.75) is 40.2 Å². The van der Waals surface area contributed by atoms with Gasteiger partial charge in [0.1, 0.15) is 0 Å². The Morgan fingerprint density at radius 3 is 2.31 bits per heavy atom. The Balaban J connectivity index is 2.69. The van der Waals surface area contributed by atoms with Crippen molar-refractivity contribution >= 4 is 5.91 Å². The highest BCUT2D eigenvalue weighted by Gasteiger charge is 2.22. The molecular weight excluding hydrogens is 162 g/mol. The van der Waals surface area contributed by atoms with Gasteiger partial charge in [-0.1, -0.05) is 25.5 Å². The molecule has 1 heterocycles. The molecule has 0 radical (unpaired) electrons. The molecule has 0 aromatic rings. The third-order valence-electron chi connectivity index (χ3n) is 2.59. The molecule has 1 rings (SSSR count). The SMILES string of the molecule is CC(C)C1=CCN(C(C)C)C(=O)C1. The monoisotopic (exact) mass is 181 g/mol. The topological polar surface area (TPSA) is 20.3 Å². The van der Waals surface area contributed by atoms with E-state index >= 15 is 0 Å². The second kappa shape index (κ2) is 3.95. The zero-order valence-corrected chi connectivity index (χ0v) is 9.00. The van der Waals surface area contributed by atoms with Crippen LogP contribution in [0, 0.1) is 5.92 Å². The summed E-state index contributed by atoms with van der Waals surface area (Å²) < 4.78 is 0. The molecule has 2 nitrogen and oxygen atoms in total. The largest absolute Gasteiger partial charge is 0.336 e. The normalized spacial score (nSPS) is 18.5. The molecule has 13 heavy (non-hydrogen) atoms. The second-order valence-electron chi connectivity index (χ2n) is 4.25. The van der Waals surface area contributed by atoms with Gasteiger partial charge >= 0.3 is 0 Å². The van der Waals surface area contributed by atoms with Gasteiger partial charge in [0.2, 0.25) is 5.91 Å². The van der Waals surface area contributed by atoms with Gasteiger partial charge in [-0.25, -0.2) is 0 Å². The molecule has 0 aromatic heterocycles. The molecule has 2 heteroatoms. The van der Waals surface area contributed by atoms with E-state index in [-0.39, 0.29) is 5.91 Å². The highest BCUT2D eigenvalue weighted by molar-refractivity contribution is 5.80. The smallest absolute Gasteiger partial charge is 0.227 e. The van der Waals surface area contributed by atoms with Crippen molar-refractivity contribution in [2.75, 3.05) is 6.54 Å². The van der Waals surface area contributed by atoms with Crippen LogP contribution in [0.5, 0.6) is 0 Å². The van der Waals surface area contributed by atoms with Crippen molar-refractivity contribution in [3.63, 3.8) is 0 Å². The van der Waals surface area contributed by atoms with Gasteiger partial charge in [-0.05, 0) is 19.8 Å². The maximum absolute atomic E-state index is 11.6. The summed E-state index contributed by atoms with van der Waals surface area (Å²) in [6.07, 6.45) is 2.82. The zero-order valence-electron chi connectivity index (χ0n) is 9.00. The molecule has 0 saturated heterocycles. The van der Waals surface area contributed by atoms with Gasteiger partial charge in [0.15, 0.2) is 0 Å². The fraction of sp³-hybridized carbons (Fsp3) is 0.727. The molecule has 0 spiro atoms. The zero-order chi connectivity index (χ0) is 10.0. The van der Waals surface area contributed by atoms with Crippen LogP contribution in [0.1, 0.15) is 34.1 Å². The van der Waals surface area contributed by atoms with Crippen LogP contribution in [0.25, 0.3) is 0 Å². The van der Waals surface area contributed by atoms with Crippen molar-refractivity contribution in [3.05, 3.63) is 11.6 Å². The molecule has 0 atom stereocenters. The number of rotatable bonds is 2. The highest BCUT2D eigenvalue weighted by Crippen LogP contribution is 2.20. The van der Waals surface area contributed by atoms with E-state index in [0.29, 0.717) is 18.4 Å². The van der Waals surface area contributed by atoms with Gasteiger partial charge in [0.25, 0.3) is 0 Å². The van der Waals surface area contributed by atoms with Gasteiger partial charge < -0.3 is 4.90 Å². The summed E-state index contributed by atoms with van der Waals surface area (Å²) in [6.45, 7) is 9.20. The minimum atomic E-state index is 0.279. The lowest BCUT2D eigenvalue weighted by molar-refractivity contribution is -0.132. The van der Waals surface area contributed by atoms with Crippen LogP contribution in [0.3, 0.4) is 0 Å². The molecule has 1 amide bonds. The van der Waals surface area contributed by atoms with Crippen LogP contribution in [-0.4, -0.2) is 23.4 Å². The van der Waals surface area contributed by atoms with E-state index in [1.165, 1.54) is 5.57 Å². The number of nitrogens with zero attached hydrogens (tertiary/aromatic N) is 1. The Morgan fingerprint density at radius 1 is 1.31 bits per heavy atom. The maximum atomic E-state index is 11.6. The molecule has 0 N–H and O–H groups in total. The molecule has 74 valence electrons. The van der Waals surface area contributed by atoms with E-state index < -0.39 is 0 Å². The summed E-state index contributed by atoms with van der Waals surface area (Å²) in [5.74, 6) is 0.791. The van der Waals surface area contributed by atoms with Gasteiger partial charge in [-0.3, -0.25) is 4.79 Å². The quantitative estimate of drug-likeness (QED) is 0.598. The summed E-state index contributed by atoms with van der Waals surface area (Å²) in [4.78, 5) is 13.6. The number of hydrogen-bond acceptors (Lipinski definition) is 1. The fourth-order valence-corrected chi connectivity index (χ4v) is 1.60. The maximum Gasteiger partial charge on any atom is 0.227 e. The van der Waals surface area contributed by atoms with Crippen molar-refractivity contribution < 1.29 is 4.79 Å². The lowest BCUT2D eigenvalue weighted by atomic mass is 9.96. The summed E-state index contributed by atoms with van der Waals surface area (Å²) in [7, 11) is 0. The third-order valence-corrected chi connectivity index (χ3v) is 2.59. The Kier molecular flexibility index (Phi) is 3.12. The van der Waals surface area contributed by atoms with E-state index in [9.17, 15) is 4.79 Å². The molecule has 0 unspecified atom stereocenters. The third kappa shape index (κ3) is 2.33. The van der Waals surface area contributed by atoms with Crippen molar-refractivity contribution in [3.8, 4) is 0 Å². The summed E-state index contributed by atoms with van der Waals surface area (Å²) in [5.41, 5.74) is 1.29. The average Bonchev–Trinajstić information content (AvgIpc) is 2.03. The van der Waals surface area contributed by atoms with Crippen LogP contribution in [-0.2, 0) is 4.79 Å². The second-order valence-corrected chi connectivity index (χ2v) is 4.25. The lowest BCUT2D eigenvalue weighted by Gasteiger charge is -2.30. The van der Waals surface area contributed by atoms with Crippen molar-refractivity contribution in [2.24, 2.45) is 5.92 Å². The summed E-state index contributed by atoms with van der Waals surface area (Å²) in [5, 5.41) is 0. The molecule has 0 fully saturated rings. The predicted octanol–water partition coefficient (Wildman–Crippen LogP) is 2.21. The van der Waals surface area contributed by atoms with E-state index in [4.69, 9.17) is 0 Å². The first kappa shape index (κ1) is 10.3. The van der Waals surface area contributed by atoms with E-state index in [1.54, 1.807) is 0 Å². The Morgan fingerprint density at radius 2 is 1.92 bits per heavy atom. The van der Waals surface area contributed by atoms with Gasteiger partial charge in [0.05, 0.1) is 0 Å². The van der Waals surface area contributed by atoms with Gasteiger partial charge in [-0.15, -0.1) is 0 Å². The lowest BCUT2D eigenvalue weighted by Crippen LogP contribution is -2.40. The Hall–Kier alpha value is -0.790. The molecule has 0 aliphatic carbocycles. The van der Waals surface area contributed by atoms with Gasteiger partial charge in [0, 0.05) is 19.0 Å². The first-order valence-electron chi connectivity index (χ1n) is 5.00. The van der Waals surface area contributed by atoms with E-state index in [0.717, 1.165) is 6.54 Å². The molecule has 0 saturated carbocycles. The number of carbonyl (C=O) groups is 1. The Bertz CT molecular complexity index is 228. The molecule has 0 aromatic carbocycles.